The van der Waals surface area contributed by atoms with E-state index in [1.165, 1.54) is 5.56 Å². The summed E-state index contributed by atoms with van der Waals surface area (Å²) in [4.78, 5) is 14.5. The summed E-state index contributed by atoms with van der Waals surface area (Å²) in [7, 11) is 0. The van der Waals surface area contributed by atoms with Crippen molar-refractivity contribution in [2.45, 2.75) is 13.3 Å². The van der Waals surface area contributed by atoms with Gasteiger partial charge in [-0.1, -0.05) is 48.0 Å². The molecular formula is C17H15NO2. The first-order valence-electron chi connectivity index (χ1n) is 6.53. The van der Waals surface area contributed by atoms with E-state index in [0.29, 0.717) is 0 Å². The molecule has 3 rings (SSSR count). The van der Waals surface area contributed by atoms with E-state index in [0.717, 1.165) is 27.7 Å². The van der Waals surface area contributed by atoms with Crippen molar-refractivity contribution in [3.05, 3.63) is 59.7 Å². The van der Waals surface area contributed by atoms with Gasteiger partial charge in [-0.05, 0) is 24.1 Å². The molecule has 2 N–H and O–H groups in total. The van der Waals surface area contributed by atoms with E-state index in [-0.39, 0.29) is 6.42 Å². The van der Waals surface area contributed by atoms with E-state index < -0.39 is 5.97 Å². The van der Waals surface area contributed by atoms with Crippen molar-refractivity contribution >= 4 is 16.9 Å². The molecule has 0 saturated carbocycles. The highest BCUT2D eigenvalue weighted by atomic mass is 16.4. The third-order valence-corrected chi connectivity index (χ3v) is 3.48. The van der Waals surface area contributed by atoms with Crippen molar-refractivity contribution in [2.24, 2.45) is 0 Å². The Balaban J connectivity index is 2.23. The van der Waals surface area contributed by atoms with Gasteiger partial charge in [0.15, 0.2) is 0 Å². The molecule has 0 fully saturated rings. The molecule has 3 heteroatoms. The van der Waals surface area contributed by atoms with Crippen LogP contribution in [-0.4, -0.2) is 16.1 Å². The number of aryl methyl sites for hydroxylation is 1. The molecule has 100 valence electrons. The number of aromatic nitrogens is 1. The highest BCUT2D eigenvalue weighted by Crippen LogP contribution is 2.30. The zero-order chi connectivity index (χ0) is 14.1. The normalized spacial score (nSPS) is 10.8. The number of nitrogens with one attached hydrogen (secondary N) is 1. The second-order valence-corrected chi connectivity index (χ2v) is 4.96. The molecule has 0 aliphatic heterocycles. The number of H-pyrrole nitrogens is 1. The standard InChI is InChI=1S/C17H15NO2/c1-11-6-8-12(9-7-11)17-14(10-16(19)20)13-4-2-3-5-15(13)18-17/h2-9,18H,10H2,1H3,(H,19,20). The van der Waals surface area contributed by atoms with Crippen molar-refractivity contribution < 1.29 is 9.90 Å². The van der Waals surface area contributed by atoms with Crippen LogP contribution in [0.1, 0.15) is 11.1 Å². The van der Waals surface area contributed by atoms with Gasteiger partial charge in [0.1, 0.15) is 0 Å². The Bertz CT molecular complexity index is 769. The van der Waals surface area contributed by atoms with Crippen LogP contribution in [0.4, 0.5) is 0 Å². The summed E-state index contributed by atoms with van der Waals surface area (Å²) in [5.74, 6) is -0.817. The van der Waals surface area contributed by atoms with Crippen molar-refractivity contribution in [2.75, 3.05) is 0 Å². The van der Waals surface area contributed by atoms with Crippen LogP contribution in [0.2, 0.25) is 0 Å². The van der Waals surface area contributed by atoms with Gasteiger partial charge in [-0.15, -0.1) is 0 Å². The molecule has 2 aromatic carbocycles. The number of para-hydroxylation sites is 1. The summed E-state index contributed by atoms with van der Waals surface area (Å²) in [6.07, 6.45) is 0.0211. The quantitative estimate of drug-likeness (QED) is 0.757. The number of carboxylic acids is 1. The van der Waals surface area contributed by atoms with Crippen LogP contribution in [-0.2, 0) is 11.2 Å². The summed E-state index contributed by atoms with van der Waals surface area (Å²) in [6, 6.07) is 15.9. The summed E-state index contributed by atoms with van der Waals surface area (Å²) >= 11 is 0. The molecular weight excluding hydrogens is 250 g/mol. The van der Waals surface area contributed by atoms with Gasteiger partial charge in [0, 0.05) is 10.9 Å². The number of rotatable bonds is 3. The van der Waals surface area contributed by atoms with E-state index in [1.807, 2.05) is 55.5 Å². The number of carbonyl (C=O) groups is 1. The number of aromatic amines is 1. The lowest BCUT2D eigenvalue weighted by Crippen LogP contribution is -2.00. The predicted molar refractivity (Wildman–Crippen MR) is 79.8 cm³/mol. The lowest BCUT2D eigenvalue weighted by atomic mass is 10.0. The van der Waals surface area contributed by atoms with E-state index in [9.17, 15) is 4.79 Å². The first-order valence-corrected chi connectivity index (χ1v) is 6.53. The molecule has 0 bridgehead atoms. The first-order chi connectivity index (χ1) is 9.65. The molecule has 20 heavy (non-hydrogen) atoms. The maximum absolute atomic E-state index is 11.1. The van der Waals surface area contributed by atoms with Gasteiger partial charge in [-0.2, -0.15) is 0 Å². The fourth-order valence-electron chi connectivity index (χ4n) is 2.50. The predicted octanol–water partition coefficient (Wildman–Crippen LogP) is 3.77. The summed E-state index contributed by atoms with van der Waals surface area (Å²) in [5.41, 5.74) is 4.91. The number of carboxylic acid groups (broad SMARTS) is 1. The van der Waals surface area contributed by atoms with Gasteiger partial charge in [0.25, 0.3) is 0 Å². The minimum Gasteiger partial charge on any atom is -0.481 e. The van der Waals surface area contributed by atoms with Gasteiger partial charge in [0.2, 0.25) is 0 Å². The molecule has 3 aromatic rings. The third-order valence-electron chi connectivity index (χ3n) is 3.48. The second kappa shape index (κ2) is 4.85. The van der Waals surface area contributed by atoms with Gasteiger partial charge < -0.3 is 10.1 Å². The molecule has 0 saturated heterocycles. The summed E-state index contributed by atoms with van der Waals surface area (Å²) in [6.45, 7) is 2.03. The molecule has 0 amide bonds. The molecule has 0 aliphatic carbocycles. The van der Waals surface area contributed by atoms with Crippen LogP contribution in [0.5, 0.6) is 0 Å². The molecule has 1 heterocycles. The minimum absolute atomic E-state index is 0.0211. The number of fused-ring (bicyclic) bond motifs is 1. The summed E-state index contributed by atoms with van der Waals surface area (Å²) < 4.78 is 0. The van der Waals surface area contributed by atoms with Gasteiger partial charge in [0.05, 0.1) is 12.1 Å². The van der Waals surface area contributed by atoms with E-state index >= 15 is 0 Å². The van der Waals surface area contributed by atoms with Crippen LogP contribution in [0.15, 0.2) is 48.5 Å². The molecule has 0 atom stereocenters. The Hall–Kier alpha value is -2.55. The number of hydrogen-bond acceptors (Lipinski definition) is 1. The summed E-state index contributed by atoms with van der Waals surface area (Å²) in [5, 5.41) is 10.1. The molecule has 0 radical (unpaired) electrons. The van der Waals surface area contributed by atoms with Crippen LogP contribution in [0.25, 0.3) is 22.2 Å². The molecule has 0 aliphatic rings. The maximum Gasteiger partial charge on any atom is 0.307 e. The zero-order valence-electron chi connectivity index (χ0n) is 11.2. The SMILES string of the molecule is Cc1ccc(-c2[nH]c3ccccc3c2CC(=O)O)cc1. The lowest BCUT2D eigenvalue weighted by molar-refractivity contribution is -0.136. The van der Waals surface area contributed by atoms with Crippen LogP contribution in [0, 0.1) is 6.92 Å². The van der Waals surface area contributed by atoms with Crippen molar-refractivity contribution in [3.8, 4) is 11.3 Å². The minimum atomic E-state index is -0.817. The van der Waals surface area contributed by atoms with Crippen molar-refractivity contribution in [1.29, 1.82) is 0 Å². The largest absolute Gasteiger partial charge is 0.481 e. The van der Waals surface area contributed by atoms with E-state index in [4.69, 9.17) is 5.11 Å². The van der Waals surface area contributed by atoms with Crippen LogP contribution in [0.3, 0.4) is 0 Å². The fraction of sp³-hybridized carbons (Fsp3) is 0.118. The average Bonchev–Trinajstić information content (AvgIpc) is 2.78. The third kappa shape index (κ3) is 2.18. The number of aliphatic carboxylic acids is 1. The smallest absolute Gasteiger partial charge is 0.307 e. The van der Waals surface area contributed by atoms with Crippen LogP contribution < -0.4 is 0 Å². The Morgan fingerprint density at radius 3 is 2.50 bits per heavy atom. The monoisotopic (exact) mass is 265 g/mol. The van der Waals surface area contributed by atoms with Crippen molar-refractivity contribution in [1.82, 2.24) is 4.98 Å². The Morgan fingerprint density at radius 2 is 1.80 bits per heavy atom. The second-order valence-electron chi connectivity index (χ2n) is 4.96. The highest BCUT2D eigenvalue weighted by molar-refractivity contribution is 5.93. The average molecular weight is 265 g/mol. The van der Waals surface area contributed by atoms with Gasteiger partial charge >= 0.3 is 5.97 Å². The van der Waals surface area contributed by atoms with Gasteiger partial charge in [-0.25, -0.2) is 0 Å². The Morgan fingerprint density at radius 1 is 1.10 bits per heavy atom. The Kier molecular flexibility index (Phi) is 3.03. The first kappa shape index (κ1) is 12.5. The maximum atomic E-state index is 11.1. The molecule has 0 unspecified atom stereocenters. The zero-order valence-corrected chi connectivity index (χ0v) is 11.2. The highest BCUT2D eigenvalue weighted by Gasteiger charge is 2.15. The molecule has 0 spiro atoms. The fourth-order valence-corrected chi connectivity index (χ4v) is 2.50. The number of benzene rings is 2. The van der Waals surface area contributed by atoms with Gasteiger partial charge in [-0.3, -0.25) is 4.79 Å². The van der Waals surface area contributed by atoms with E-state index in [1.54, 1.807) is 0 Å². The van der Waals surface area contributed by atoms with E-state index in [2.05, 4.69) is 4.98 Å². The van der Waals surface area contributed by atoms with Crippen molar-refractivity contribution in [3.63, 3.8) is 0 Å². The molecule has 1 aromatic heterocycles. The van der Waals surface area contributed by atoms with Crippen LogP contribution >= 0.6 is 0 Å². The topological polar surface area (TPSA) is 53.1 Å². The number of hydrogen-bond donors (Lipinski definition) is 2. The Labute approximate surface area is 116 Å². The molecule has 3 nitrogen and oxygen atoms in total. The lowest BCUT2D eigenvalue weighted by Gasteiger charge is -2.03.